The van der Waals surface area contributed by atoms with Gasteiger partial charge < -0.3 is 24.2 Å². The molecule has 0 amide bonds. The van der Waals surface area contributed by atoms with Crippen molar-refractivity contribution < 1.29 is 38.2 Å². The lowest BCUT2D eigenvalue weighted by Crippen LogP contribution is -2.59. The third-order valence-electron chi connectivity index (χ3n) is 11.3. The van der Waals surface area contributed by atoms with Crippen molar-refractivity contribution in [3.63, 3.8) is 0 Å². The molecule has 0 saturated heterocycles. The number of halogens is 1. The number of aliphatic hydroxyl groups excluding tert-OH is 1. The van der Waals surface area contributed by atoms with Gasteiger partial charge in [0.05, 0.1) is 11.6 Å². The monoisotopic (exact) mass is 707 g/mol. The van der Waals surface area contributed by atoms with Crippen molar-refractivity contribution in [1.82, 2.24) is 15.0 Å². The number of fused-ring (bicyclic) bond motifs is 5. The molecule has 52 heavy (non-hydrogen) atoms. The van der Waals surface area contributed by atoms with Crippen molar-refractivity contribution >= 4 is 11.6 Å². The average Bonchev–Trinajstić information content (AvgIpc) is 3.76. The fraction of sp³-hybridized carbons (Fsp3) is 0.390. The number of allylic oxidation sites excluding steroid dienone is 1. The molecule has 0 spiro atoms. The molecule has 4 aromatic rings. The van der Waals surface area contributed by atoms with E-state index < -0.39 is 46.6 Å². The minimum Gasteiger partial charge on any atom is -0.508 e. The van der Waals surface area contributed by atoms with E-state index in [1.54, 1.807) is 19.0 Å². The molecule has 3 aromatic carbocycles. The molecule has 8 rings (SSSR count). The summed E-state index contributed by atoms with van der Waals surface area (Å²) in [5.74, 6) is -3.95. The predicted octanol–water partition coefficient (Wildman–Crippen LogP) is 6.50. The van der Waals surface area contributed by atoms with Crippen LogP contribution in [0.15, 0.2) is 76.5 Å². The first-order chi connectivity index (χ1) is 24.8. The van der Waals surface area contributed by atoms with E-state index in [-0.39, 0.29) is 71.2 Å². The number of ketones is 2. The summed E-state index contributed by atoms with van der Waals surface area (Å²) in [6, 6.07) is 18.1. The number of nitrogens with zero attached hydrogens (tertiary/aromatic N) is 3. The van der Waals surface area contributed by atoms with Crippen molar-refractivity contribution in [3.8, 4) is 11.6 Å². The number of hydrogen-bond acceptors (Lipinski definition) is 10. The van der Waals surface area contributed by atoms with Crippen molar-refractivity contribution in [2.75, 3.05) is 14.1 Å². The summed E-state index contributed by atoms with van der Waals surface area (Å²) in [5.41, 5.74) is 0.0940. The van der Waals surface area contributed by atoms with Crippen molar-refractivity contribution in [2.24, 2.45) is 11.8 Å². The summed E-state index contributed by atoms with van der Waals surface area (Å²) in [5, 5.41) is 28.7. The van der Waals surface area contributed by atoms with Gasteiger partial charge in [-0.25, -0.2) is 4.39 Å². The van der Waals surface area contributed by atoms with E-state index in [0.717, 1.165) is 11.1 Å². The largest absolute Gasteiger partial charge is 0.508 e. The Labute approximate surface area is 301 Å². The Bertz CT molecular complexity index is 2120. The van der Waals surface area contributed by atoms with Gasteiger partial charge in [0, 0.05) is 46.8 Å². The highest BCUT2D eigenvalue weighted by Gasteiger charge is 2.64. The number of aliphatic hydroxyl groups is 2. The van der Waals surface area contributed by atoms with Gasteiger partial charge >= 0.3 is 0 Å². The Kier molecular flexibility index (Phi) is 8.16. The van der Waals surface area contributed by atoms with Crippen LogP contribution >= 0.6 is 0 Å². The number of carbonyl (C=O) groups excluding carboxylic acids is 2. The van der Waals surface area contributed by atoms with Crippen LogP contribution in [-0.4, -0.2) is 62.0 Å². The van der Waals surface area contributed by atoms with Gasteiger partial charge in [-0.1, -0.05) is 60.7 Å². The third kappa shape index (κ3) is 5.20. The van der Waals surface area contributed by atoms with Gasteiger partial charge in [0.25, 0.3) is 5.88 Å². The Balaban J connectivity index is 1.24. The zero-order chi connectivity index (χ0) is 36.7. The van der Waals surface area contributed by atoms with Gasteiger partial charge in [-0.15, -0.1) is 0 Å². The number of rotatable bonds is 7. The number of Topliss-reactive ketones (excluding diaryl/α,β-unsaturated/α-hetero) is 2. The molecule has 1 aliphatic heterocycles. The Morgan fingerprint density at radius 2 is 1.56 bits per heavy atom. The number of aromatic nitrogens is 1. The smallest absolute Gasteiger partial charge is 0.265 e. The molecule has 11 heteroatoms. The molecule has 0 saturated carbocycles. The Morgan fingerprint density at radius 3 is 2.17 bits per heavy atom. The van der Waals surface area contributed by atoms with E-state index >= 15 is 4.39 Å². The van der Waals surface area contributed by atoms with E-state index in [4.69, 9.17) is 14.0 Å². The number of hydrogen-bond donors (Lipinski definition) is 2. The second kappa shape index (κ2) is 12.4. The second-order valence-electron chi connectivity index (χ2n) is 15.6. The molecule has 2 heterocycles. The number of carbonyl (C=O) groups is 2. The van der Waals surface area contributed by atoms with E-state index in [0.29, 0.717) is 24.2 Å². The molecule has 4 aliphatic rings. The quantitative estimate of drug-likeness (QED) is 0.220. The molecule has 0 unspecified atom stereocenters. The highest BCUT2D eigenvalue weighted by Crippen LogP contribution is 2.57. The average molecular weight is 708 g/mol. The predicted molar refractivity (Wildman–Crippen MR) is 188 cm³/mol. The minimum atomic E-state index is -2.50. The fourth-order valence-electron chi connectivity index (χ4n) is 8.57. The molecule has 0 fully saturated rings. The van der Waals surface area contributed by atoms with Gasteiger partial charge in [0.2, 0.25) is 5.78 Å². The lowest BCUT2D eigenvalue weighted by atomic mass is 9.58. The molecule has 1 aromatic heterocycles. The Morgan fingerprint density at radius 1 is 0.942 bits per heavy atom. The second-order valence-corrected chi connectivity index (χ2v) is 15.6. The van der Waals surface area contributed by atoms with Gasteiger partial charge in [-0.3, -0.25) is 19.4 Å². The summed E-state index contributed by atoms with van der Waals surface area (Å²) >= 11 is 0. The maximum absolute atomic E-state index is 16.8. The molecule has 3 aliphatic carbocycles. The fourth-order valence-corrected chi connectivity index (χ4v) is 8.57. The molecule has 270 valence electrons. The first-order valence-electron chi connectivity index (χ1n) is 17.7. The lowest BCUT2D eigenvalue weighted by Gasteiger charge is -2.49. The van der Waals surface area contributed by atoms with Crippen LogP contribution in [-0.2, 0) is 32.7 Å². The number of ether oxygens (including phenoxy) is 2. The SMILES string of the molecule is CN(C)[C@@H]1c2onc(OCc3ccccc3)c2C(=O)[C@@]2(O)C(O)=C3C(=O)c4c(c(F)c5c(c4OCc4ccccc4)CN(C(C)(C)C)C5)C[C@H]3C[C@@H]12. The molecular weight excluding hydrogens is 665 g/mol. The van der Waals surface area contributed by atoms with Crippen LogP contribution in [0.25, 0.3) is 0 Å². The highest BCUT2D eigenvalue weighted by atomic mass is 19.1. The molecule has 0 radical (unpaired) electrons. The summed E-state index contributed by atoms with van der Waals surface area (Å²) < 4.78 is 35.0. The topological polar surface area (TPSA) is 126 Å². The van der Waals surface area contributed by atoms with E-state index in [1.807, 2.05) is 60.7 Å². The van der Waals surface area contributed by atoms with Crippen LogP contribution in [0.3, 0.4) is 0 Å². The van der Waals surface area contributed by atoms with Gasteiger partial charge in [0.1, 0.15) is 36.1 Å². The van der Waals surface area contributed by atoms with Gasteiger partial charge in [-0.05, 0) is 69.9 Å². The molecule has 10 nitrogen and oxygen atoms in total. The van der Waals surface area contributed by atoms with Crippen LogP contribution in [0.2, 0.25) is 0 Å². The molecular formula is C41H42FN3O7. The summed E-state index contributed by atoms with van der Waals surface area (Å²) in [7, 11) is 3.55. The molecule has 0 bridgehead atoms. The van der Waals surface area contributed by atoms with Gasteiger partial charge in [0.15, 0.2) is 17.1 Å². The normalized spacial score (nSPS) is 24.0. The maximum atomic E-state index is 16.8. The Hall–Kier alpha value is -4.84. The number of benzene rings is 3. The molecule has 2 N–H and O–H groups in total. The van der Waals surface area contributed by atoms with Crippen LogP contribution in [0, 0.1) is 17.7 Å². The minimum absolute atomic E-state index is 0.0350. The van der Waals surface area contributed by atoms with E-state index in [2.05, 4.69) is 30.8 Å². The summed E-state index contributed by atoms with van der Waals surface area (Å²) in [4.78, 5) is 33.2. The first kappa shape index (κ1) is 34.3. The first-order valence-corrected chi connectivity index (χ1v) is 17.7. The zero-order valence-electron chi connectivity index (χ0n) is 29.9. The highest BCUT2D eigenvalue weighted by molar-refractivity contribution is 6.16. The van der Waals surface area contributed by atoms with Crippen LogP contribution in [0.5, 0.6) is 11.6 Å². The van der Waals surface area contributed by atoms with E-state index in [1.165, 1.54) is 0 Å². The zero-order valence-corrected chi connectivity index (χ0v) is 29.9. The van der Waals surface area contributed by atoms with Crippen molar-refractivity contribution in [3.05, 3.63) is 123 Å². The van der Waals surface area contributed by atoms with Crippen LogP contribution < -0.4 is 9.47 Å². The maximum Gasteiger partial charge on any atom is 0.265 e. The third-order valence-corrected chi connectivity index (χ3v) is 11.3. The van der Waals surface area contributed by atoms with E-state index in [9.17, 15) is 19.8 Å². The summed E-state index contributed by atoms with van der Waals surface area (Å²) in [6.45, 7) is 7.12. The van der Waals surface area contributed by atoms with Crippen LogP contribution in [0.1, 0.15) is 87.5 Å². The molecule has 4 atom stereocenters. The van der Waals surface area contributed by atoms with Crippen molar-refractivity contribution in [1.29, 1.82) is 0 Å². The standard InChI is InChI=1S/C41H42FN3O7/c1-40(2,3)45-18-26-27(19-45)35(50-20-22-12-8-6-9-13-22)30-25(32(26)42)16-24-17-28-33(44(4)5)36-31(38(48)41(28,49)37(47)29(24)34(30)46)39(43-52-36)51-21-23-14-10-7-11-15-23/h6-15,24,28,33,47,49H,16-21H2,1-5H3/t24-,28-,33-,41-/m0/s1. The van der Waals surface area contributed by atoms with Crippen molar-refractivity contribution in [2.45, 2.75) is 77.1 Å². The van der Waals surface area contributed by atoms with Crippen LogP contribution in [0.4, 0.5) is 4.39 Å². The lowest BCUT2D eigenvalue weighted by molar-refractivity contribution is -0.0560. The summed E-state index contributed by atoms with van der Waals surface area (Å²) in [6.07, 6.45) is 0.174. The van der Waals surface area contributed by atoms with Gasteiger partial charge in [-0.2, -0.15) is 0 Å².